The van der Waals surface area contributed by atoms with Gasteiger partial charge in [-0.15, -0.1) is 0 Å². The van der Waals surface area contributed by atoms with Crippen LogP contribution in [0.1, 0.15) is 68.3 Å². The van der Waals surface area contributed by atoms with Crippen molar-refractivity contribution in [2.24, 2.45) is 7.05 Å². The molecule has 6 heteroatoms. The summed E-state index contributed by atoms with van der Waals surface area (Å²) < 4.78 is 4.11. The Morgan fingerprint density at radius 3 is 2.38 bits per heavy atom. The van der Waals surface area contributed by atoms with Gasteiger partial charge in [0.25, 0.3) is 0 Å². The van der Waals surface area contributed by atoms with E-state index in [1.807, 2.05) is 17.8 Å². The van der Waals surface area contributed by atoms with E-state index in [0.717, 1.165) is 43.7 Å². The molecule has 26 heavy (non-hydrogen) atoms. The molecule has 1 N–H and O–H groups in total. The highest BCUT2D eigenvalue weighted by Crippen LogP contribution is 2.46. The van der Waals surface area contributed by atoms with Gasteiger partial charge in [-0.05, 0) is 53.4 Å². The van der Waals surface area contributed by atoms with Crippen LogP contribution in [0.15, 0.2) is 12.4 Å². The number of aryl methyl sites for hydroxylation is 2. The molecule has 0 aromatic carbocycles. The molecular formula is C20H31N5O. The number of rotatable bonds is 4. The molecule has 2 aromatic heterocycles. The van der Waals surface area contributed by atoms with E-state index < -0.39 is 5.60 Å². The Hall–Kier alpha value is -1.66. The summed E-state index contributed by atoms with van der Waals surface area (Å²) in [5.74, 6) is 0.814. The number of aromatic nitrogens is 4. The molecular weight excluding hydrogens is 326 g/mol. The summed E-state index contributed by atoms with van der Waals surface area (Å²) in [5.41, 5.74) is 2.98. The smallest absolute Gasteiger partial charge is 0.140 e. The van der Waals surface area contributed by atoms with E-state index in [2.05, 4.69) is 42.3 Å². The average molecular weight is 358 g/mol. The second-order valence-corrected chi connectivity index (χ2v) is 8.55. The maximum atomic E-state index is 11.3. The quantitative estimate of drug-likeness (QED) is 0.914. The second kappa shape index (κ2) is 6.20. The Bertz CT molecular complexity index is 791. The zero-order chi connectivity index (χ0) is 18.6. The van der Waals surface area contributed by atoms with Gasteiger partial charge in [0.05, 0.1) is 5.69 Å². The topological polar surface area (TPSA) is 59.1 Å². The van der Waals surface area contributed by atoms with Gasteiger partial charge in [-0.2, -0.15) is 5.10 Å². The van der Waals surface area contributed by atoms with Gasteiger partial charge in [0, 0.05) is 55.4 Å². The van der Waals surface area contributed by atoms with Crippen molar-refractivity contribution in [2.75, 3.05) is 0 Å². The third-order valence-corrected chi connectivity index (χ3v) is 6.46. The molecule has 2 aliphatic rings. The van der Waals surface area contributed by atoms with Crippen molar-refractivity contribution >= 4 is 0 Å². The molecule has 4 rings (SSSR count). The lowest BCUT2D eigenvalue weighted by molar-refractivity contribution is -0.0670. The zero-order valence-electron chi connectivity index (χ0n) is 16.6. The number of hydrogen-bond donors (Lipinski definition) is 1. The lowest BCUT2D eigenvalue weighted by atomic mass is 9.85. The van der Waals surface area contributed by atoms with Crippen LogP contribution >= 0.6 is 0 Å². The first kappa shape index (κ1) is 17.7. The highest BCUT2D eigenvalue weighted by Gasteiger charge is 2.50. The number of fused-ring (bicyclic) bond motifs is 2. The standard InChI is InChI=1S/C20H31N5O/c1-13(2)25-15(4)18(14(3)22-25)12-24-16-6-7-17(24)11-20(26,10-16)19-21-8-9-23(19)5/h8-9,13,16-17,26H,6-7,10-12H2,1-5H3. The zero-order valence-corrected chi connectivity index (χ0v) is 16.6. The predicted octanol–water partition coefficient (Wildman–Crippen LogP) is 2.83. The summed E-state index contributed by atoms with van der Waals surface area (Å²) in [4.78, 5) is 7.06. The van der Waals surface area contributed by atoms with E-state index in [1.165, 1.54) is 11.3 Å². The Balaban J connectivity index is 1.58. The highest BCUT2D eigenvalue weighted by atomic mass is 16.3. The van der Waals surface area contributed by atoms with Crippen LogP contribution in [0, 0.1) is 13.8 Å². The number of imidazole rings is 1. The maximum Gasteiger partial charge on any atom is 0.140 e. The van der Waals surface area contributed by atoms with Crippen molar-refractivity contribution < 1.29 is 5.11 Å². The molecule has 0 radical (unpaired) electrons. The average Bonchev–Trinajstić information content (AvgIpc) is 3.20. The minimum Gasteiger partial charge on any atom is -0.382 e. The van der Waals surface area contributed by atoms with Gasteiger partial charge in [0.1, 0.15) is 11.4 Å². The van der Waals surface area contributed by atoms with Crippen molar-refractivity contribution in [3.05, 3.63) is 35.2 Å². The van der Waals surface area contributed by atoms with Crippen molar-refractivity contribution in [1.82, 2.24) is 24.2 Å². The summed E-state index contributed by atoms with van der Waals surface area (Å²) in [6, 6.07) is 1.21. The van der Waals surface area contributed by atoms with Crippen molar-refractivity contribution in [3.8, 4) is 0 Å². The Kier molecular flexibility index (Phi) is 4.23. The van der Waals surface area contributed by atoms with Gasteiger partial charge in [-0.3, -0.25) is 9.58 Å². The third kappa shape index (κ3) is 2.70. The van der Waals surface area contributed by atoms with E-state index in [9.17, 15) is 5.11 Å². The molecule has 2 aliphatic heterocycles. The van der Waals surface area contributed by atoms with Gasteiger partial charge in [0.15, 0.2) is 0 Å². The molecule has 0 amide bonds. The van der Waals surface area contributed by atoms with Crippen LogP contribution in [0.25, 0.3) is 0 Å². The predicted molar refractivity (Wildman–Crippen MR) is 101 cm³/mol. The molecule has 0 saturated carbocycles. The van der Waals surface area contributed by atoms with E-state index in [-0.39, 0.29) is 0 Å². The second-order valence-electron chi connectivity index (χ2n) is 8.55. The van der Waals surface area contributed by atoms with Crippen LogP contribution in [0.3, 0.4) is 0 Å². The summed E-state index contributed by atoms with van der Waals surface area (Å²) in [6.07, 6.45) is 7.57. The summed E-state index contributed by atoms with van der Waals surface area (Å²) in [6.45, 7) is 9.61. The summed E-state index contributed by atoms with van der Waals surface area (Å²) in [5, 5.41) is 16.1. The fourth-order valence-electron chi connectivity index (χ4n) is 5.18. The molecule has 4 heterocycles. The molecule has 2 aromatic rings. The SMILES string of the molecule is Cc1nn(C(C)C)c(C)c1CN1C2CCC1CC(O)(c1nccn1C)C2. The van der Waals surface area contributed by atoms with Crippen molar-refractivity contribution in [1.29, 1.82) is 0 Å². The molecule has 2 atom stereocenters. The molecule has 2 unspecified atom stereocenters. The van der Waals surface area contributed by atoms with E-state index in [4.69, 9.17) is 5.10 Å². The molecule has 6 nitrogen and oxygen atoms in total. The van der Waals surface area contributed by atoms with Crippen LogP contribution in [-0.4, -0.2) is 41.4 Å². The normalized spacial score (nSPS) is 29.0. The van der Waals surface area contributed by atoms with Crippen LogP contribution in [0.4, 0.5) is 0 Å². The Labute approximate surface area is 155 Å². The summed E-state index contributed by atoms with van der Waals surface area (Å²) in [7, 11) is 1.97. The van der Waals surface area contributed by atoms with Gasteiger partial charge < -0.3 is 9.67 Å². The summed E-state index contributed by atoms with van der Waals surface area (Å²) >= 11 is 0. The molecule has 0 spiro atoms. The molecule has 2 fully saturated rings. The largest absolute Gasteiger partial charge is 0.382 e. The third-order valence-electron chi connectivity index (χ3n) is 6.46. The van der Waals surface area contributed by atoms with E-state index in [0.29, 0.717) is 18.1 Å². The van der Waals surface area contributed by atoms with Crippen LogP contribution in [0.2, 0.25) is 0 Å². The van der Waals surface area contributed by atoms with Crippen LogP contribution in [-0.2, 0) is 19.2 Å². The van der Waals surface area contributed by atoms with Crippen molar-refractivity contribution in [2.45, 2.75) is 83.6 Å². The number of nitrogens with zero attached hydrogens (tertiary/aromatic N) is 5. The molecule has 142 valence electrons. The number of piperidine rings is 1. The van der Waals surface area contributed by atoms with Gasteiger partial charge in [-0.1, -0.05) is 0 Å². The number of aliphatic hydroxyl groups is 1. The molecule has 0 aliphatic carbocycles. The minimum atomic E-state index is -0.799. The lowest BCUT2D eigenvalue weighted by Crippen LogP contribution is -2.50. The Morgan fingerprint density at radius 1 is 1.23 bits per heavy atom. The molecule has 2 bridgehead atoms. The van der Waals surface area contributed by atoms with E-state index >= 15 is 0 Å². The van der Waals surface area contributed by atoms with Crippen LogP contribution in [0.5, 0.6) is 0 Å². The minimum absolute atomic E-state index is 0.383. The van der Waals surface area contributed by atoms with Gasteiger partial charge >= 0.3 is 0 Å². The number of hydrogen-bond acceptors (Lipinski definition) is 4. The first-order valence-corrected chi connectivity index (χ1v) is 9.80. The highest BCUT2D eigenvalue weighted by molar-refractivity contribution is 5.26. The lowest BCUT2D eigenvalue weighted by Gasteiger charge is -2.43. The fraction of sp³-hybridized carbons (Fsp3) is 0.700. The first-order chi connectivity index (χ1) is 12.3. The first-order valence-electron chi connectivity index (χ1n) is 9.80. The fourth-order valence-corrected chi connectivity index (χ4v) is 5.18. The molecule has 2 saturated heterocycles. The van der Waals surface area contributed by atoms with Crippen LogP contribution < -0.4 is 0 Å². The van der Waals surface area contributed by atoms with Crippen molar-refractivity contribution in [3.63, 3.8) is 0 Å². The Morgan fingerprint density at radius 2 is 1.88 bits per heavy atom. The monoisotopic (exact) mass is 357 g/mol. The maximum absolute atomic E-state index is 11.3. The van der Waals surface area contributed by atoms with Gasteiger partial charge in [-0.25, -0.2) is 4.98 Å². The van der Waals surface area contributed by atoms with Gasteiger partial charge in [0.2, 0.25) is 0 Å². The van der Waals surface area contributed by atoms with E-state index in [1.54, 1.807) is 6.20 Å².